The number of fused-ring (bicyclic) bond motifs is 1. The van der Waals surface area contributed by atoms with Crippen LogP contribution in [0, 0.1) is 0 Å². The molecule has 4 heterocycles. The summed E-state index contributed by atoms with van der Waals surface area (Å²) in [5.41, 5.74) is 9.18. The third-order valence-electron chi connectivity index (χ3n) is 7.55. The maximum atomic E-state index is 5.99. The first kappa shape index (κ1) is 26.3. The van der Waals surface area contributed by atoms with E-state index in [4.69, 9.17) is 19.4 Å². The van der Waals surface area contributed by atoms with Crippen molar-refractivity contribution < 1.29 is 4.42 Å². The molecule has 0 radical (unpaired) electrons. The minimum absolute atomic E-state index is 0.567. The van der Waals surface area contributed by atoms with Gasteiger partial charge in [0.2, 0.25) is 5.89 Å². The Morgan fingerprint density at radius 3 is 1.44 bits per heavy atom. The number of aromatic nitrogens is 6. The molecule has 7 heteroatoms. The molecule has 8 rings (SSSR count). The highest BCUT2D eigenvalue weighted by Gasteiger charge is 2.15. The van der Waals surface area contributed by atoms with Crippen LogP contribution in [-0.2, 0) is 0 Å². The number of oxazole rings is 1. The lowest BCUT2D eigenvalue weighted by atomic mass is 10.0. The Balaban J connectivity index is 1.23. The van der Waals surface area contributed by atoms with Crippen molar-refractivity contribution >= 4 is 11.1 Å². The number of pyridine rings is 2. The molecule has 0 unspecified atom stereocenters. The molecule has 212 valence electrons. The molecule has 8 aromatic rings. The molecule has 0 aliphatic carbocycles. The molecule has 0 bridgehead atoms. The van der Waals surface area contributed by atoms with E-state index < -0.39 is 0 Å². The fourth-order valence-corrected chi connectivity index (χ4v) is 5.26. The highest BCUT2D eigenvalue weighted by atomic mass is 16.3. The second kappa shape index (κ2) is 11.4. The fourth-order valence-electron chi connectivity index (χ4n) is 5.26. The van der Waals surface area contributed by atoms with Crippen molar-refractivity contribution in [3.8, 4) is 67.9 Å². The van der Waals surface area contributed by atoms with Crippen molar-refractivity contribution in [2.24, 2.45) is 0 Å². The highest BCUT2D eigenvalue weighted by Crippen LogP contribution is 2.31. The monoisotopic (exact) mass is 580 g/mol. The lowest BCUT2D eigenvalue weighted by Gasteiger charge is -2.10. The van der Waals surface area contributed by atoms with Gasteiger partial charge in [-0.25, -0.2) is 19.9 Å². The maximum absolute atomic E-state index is 5.99. The Morgan fingerprint density at radius 1 is 0.378 bits per heavy atom. The van der Waals surface area contributed by atoms with E-state index in [1.165, 1.54) is 0 Å². The first-order chi connectivity index (χ1) is 22.3. The number of para-hydroxylation sites is 2. The van der Waals surface area contributed by atoms with Gasteiger partial charge in [0.25, 0.3) is 0 Å². The fraction of sp³-hybridized carbons (Fsp3) is 0. The molecule has 0 amide bonds. The number of hydrogen-bond acceptors (Lipinski definition) is 7. The van der Waals surface area contributed by atoms with Crippen molar-refractivity contribution in [2.45, 2.75) is 0 Å². The predicted octanol–water partition coefficient (Wildman–Crippen LogP) is 8.80. The van der Waals surface area contributed by atoms with Crippen LogP contribution in [-0.4, -0.2) is 29.9 Å². The summed E-state index contributed by atoms with van der Waals surface area (Å²) in [6.07, 6.45) is 7.25. The molecular formula is C38H24N6O. The molecule has 0 aliphatic heterocycles. The Morgan fingerprint density at radius 2 is 0.889 bits per heavy atom. The first-order valence-corrected chi connectivity index (χ1v) is 14.5. The molecule has 0 aliphatic rings. The van der Waals surface area contributed by atoms with Crippen LogP contribution < -0.4 is 0 Å². The summed E-state index contributed by atoms with van der Waals surface area (Å²) in [6.45, 7) is 0. The van der Waals surface area contributed by atoms with Crippen LogP contribution in [0.5, 0.6) is 0 Å². The van der Waals surface area contributed by atoms with Crippen molar-refractivity contribution in [3.63, 3.8) is 0 Å². The lowest BCUT2D eigenvalue weighted by molar-refractivity contribution is 0.620. The van der Waals surface area contributed by atoms with Gasteiger partial charge in [0.1, 0.15) is 5.52 Å². The van der Waals surface area contributed by atoms with Crippen LogP contribution in [0.3, 0.4) is 0 Å². The van der Waals surface area contributed by atoms with Crippen LogP contribution in [0.2, 0.25) is 0 Å². The van der Waals surface area contributed by atoms with Crippen molar-refractivity contribution in [2.75, 3.05) is 0 Å². The molecule has 45 heavy (non-hydrogen) atoms. The summed E-state index contributed by atoms with van der Waals surface area (Å²) in [5, 5.41) is 0. The zero-order valence-corrected chi connectivity index (χ0v) is 23.9. The normalized spacial score (nSPS) is 11.1. The molecular weight excluding hydrogens is 556 g/mol. The van der Waals surface area contributed by atoms with E-state index in [1.54, 1.807) is 12.4 Å². The molecule has 0 saturated heterocycles. The number of rotatable bonds is 6. The van der Waals surface area contributed by atoms with Crippen molar-refractivity contribution in [1.82, 2.24) is 29.9 Å². The van der Waals surface area contributed by atoms with Gasteiger partial charge >= 0.3 is 0 Å². The largest absolute Gasteiger partial charge is 0.436 e. The van der Waals surface area contributed by atoms with E-state index in [-0.39, 0.29) is 0 Å². The molecule has 0 N–H and O–H groups in total. The lowest BCUT2D eigenvalue weighted by Crippen LogP contribution is -2.00. The van der Waals surface area contributed by atoms with Crippen molar-refractivity contribution in [1.29, 1.82) is 0 Å². The van der Waals surface area contributed by atoms with Gasteiger partial charge in [0, 0.05) is 58.2 Å². The van der Waals surface area contributed by atoms with Crippen LogP contribution in [0.1, 0.15) is 0 Å². The quantitative estimate of drug-likeness (QED) is 0.194. The van der Waals surface area contributed by atoms with Gasteiger partial charge in [-0.3, -0.25) is 9.97 Å². The van der Waals surface area contributed by atoms with Gasteiger partial charge in [-0.05, 0) is 59.7 Å². The van der Waals surface area contributed by atoms with Crippen LogP contribution >= 0.6 is 0 Å². The summed E-state index contributed by atoms with van der Waals surface area (Å²) in [5.74, 6) is 2.29. The summed E-state index contributed by atoms with van der Waals surface area (Å²) in [6, 6.07) is 40.0. The van der Waals surface area contributed by atoms with E-state index in [0.29, 0.717) is 23.4 Å². The number of hydrogen-bond donors (Lipinski definition) is 0. The molecule has 4 aromatic carbocycles. The number of nitrogens with zero attached hydrogens (tertiary/aromatic N) is 6. The standard InChI is InChI=1S/C38H24N6O/c1-2-14-34-33(13-1)41-38(45-34)26-17-15-25(16-18-26)35-42-36(29-9-3-7-27(21-29)31-11-5-19-39-23-31)44-37(43-35)30-10-4-8-28(22-30)32-12-6-20-40-24-32/h1-24H. The molecule has 4 aromatic heterocycles. The topological polar surface area (TPSA) is 90.5 Å². The smallest absolute Gasteiger partial charge is 0.227 e. The van der Waals surface area contributed by atoms with E-state index >= 15 is 0 Å². The van der Waals surface area contributed by atoms with E-state index in [1.807, 2.05) is 109 Å². The molecule has 0 atom stereocenters. The average molecular weight is 581 g/mol. The van der Waals surface area contributed by atoms with Gasteiger partial charge in [-0.15, -0.1) is 0 Å². The molecule has 0 saturated carbocycles. The SMILES string of the molecule is c1cncc(-c2cccc(-c3nc(-c4ccc(-c5nc6ccccc6o5)cc4)nc(-c4cccc(-c5cccnc5)c4)n3)c2)c1. The summed E-state index contributed by atoms with van der Waals surface area (Å²) >= 11 is 0. The second-order valence-corrected chi connectivity index (χ2v) is 10.5. The van der Waals surface area contributed by atoms with Gasteiger partial charge in [0.15, 0.2) is 23.1 Å². The van der Waals surface area contributed by atoms with Gasteiger partial charge in [-0.1, -0.05) is 72.8 Å². The van der Waals surface area contributed by atoms with Crippen LogP contribution in [0.4, 0.5) is 0 Å². The average Bonchev–Trinajstić information content (AvgIpc) is 3.57. The van der Waals surface area contributed by atoms with E-state index in [2.05, 4.69) is 39.2 Å². The third-order valence-corrected chi connectivity index (χ3v) is 7.55. The number of benzene rings is 4. The zero-order valence-electron chi connectivity index (χ0n) is 23.9. The van der Waals surface area contributed by atoms with E-state index in [0.717, 1.165) is 55.6 Å². The van der Waals surface area contributed by atoms with E-state index in [9.17, 15) is 0 Å². The van der Waals surface area contributed by atoms with Gasteiger partial charge in [-0.2, -0.15) is 0 Å². The molecule has 0 spiro atoms. The molecule has 0 fully saturated rings. The first-order valence-electron chi connectivity index (χ1n) is 14.5. The van der Waals surface area contributed by atoms with Crippen LogP contribution in [0.15, 0.2) is 151 Å². The summed E-state index contributed by atoms with van der Waals surface area (Å²) < 4.78 is 5.99. The van der Waals surface area contributed by atoms with Crippen molar-refractivity contribution in [3.05, 3.63) is 146 Å². The van der Waals surface area contributed by atoms with Gasteiger partial charge in [0.05, 0.1) is 0 Å². The highest BCUT2D eigenvalue weighted by molar-refractivity contribution is 5.77. The second-order valence-electron chi connectivity index (χ2n) is 10.5. The van der Waals surface area contributed by atoms with Gasteiger partial charge < -0.3 is 4.42 Å². The Kier molecular flexibility index (Phi) is 6.66. The van der Waals surface area contributed by atoms with Crippen LogP contribution in [0.25, 0.3) is 79.0 Å². The minimum Gasteiger partial charge on any atom is -0.436 e. The Hall–Kier alpha value is -6.34. The summed E-state index contributed by atoms with van der Waals surface area (Å²) in [7, 11) is 0. The Bertz CT molecular complexity index is 2130. The summed E-state index contributed by atoms with van der Waals surface area (Å²) in [4.78, 5) is 28.1. The predicted molar refractivity (Wildman–Crippen MR) is 176 cm³/mol. The maximum Gasteiger partial charge on any atom is 0.227 e. The minimum atomic E-state index is 0.567. The Labute approximate surface area is 259 Å². The molecule has 7 nitrogen and oxygen atoms in total. The zero-order chi connectivity index (χ0) is 30.0. The third kappa shape index (κ3) is 5.34.